The van der Waals surface area contributed by atoms with Crippen LogP contribution < -0.4 is 11.4 Å². The average Bonchev–Trinajstić information content (AvgIpc) is 3.20. The summed E-state index contributed by atoms with van der Waals surface area (Å²) in [7, 11) is 1.52. The highest BCUT2D eigenvalue weighted by Gasteiger charge is 2.48. The number of hydrogen-bond donors (Lipinski definition) is 2. The van der Waals surface area contributed by atoms with Gasteiger partial charge in [-0.2, -0.15) is 4.98 Å². The standard InChI is InChI=1S/C13H19N3O5/c1-19-6-8-10(17)11(20-7-2-3-7)12(21-8)16-5-4-9(14)15-13(16)18/h4-5,7-8,10-12,17H,2-3,6H2,1H3,(H2,14,15,18)/t8-,10-,11-,12-/m1/s1. The van der Waals surface area contributed by atoms with E-state index in [1.807, 2.05) is 0 Å². The Balaban J connectivity index is 1.87. The molecule has 0 bridgehead atoms. The summed E-state index contributed by atoms with van der Waals surface area (Å²) in [5.74, 6) is 0.142. The van der Waals surface area contributed by atoms with E-state index in [0.717, 1.165) is 12.8 Å². The van der Waals surface area contributed by atoms with Crippen molar-refractivity contribution >= 4 is 5.82 Å². The lowest BCUT2D eigenvalue weighted by atomic mass is 10.1. The predicted octanol–water partition coefficient (Wildman–Crippen LogP) is -0.722. The quantitative estimate of drug-likeness (QED) is 0.738. The first-order valence-corrected chi connectivity index (χ1v) is 6.92. The lowest BCUT2D eigenvalue weighted by Crippen LogP contribution is -2.38. The van der Waals surface area contributed by atoms with Crippen LogP contribution in [0.1, 0.15) is 19.1 Å². The molecule has 0 unspecified atom stereocenters. The highest BCUT2D eigenvalue weighted by Crippen LogP contribution is 2.36. The third kappa shape index (κ3) is 2.93. The van der Waals surface area contributed by atoms with E-state index in [2.05, 4.69) is 4.98 Å². The largest absolute Gasteiger partial charge is 0.387 e. The van der Waals surface area contributed by atoms with Gasteiger partial charge in [-0.1, -0.05) is 0 Å². The van der Waals surface area contributed by atoms with E-state index >= 15 is 0 Å². The summed E-state index contributed by atoms with van der Waals surface area (Å²) in [5.41, 5.74) is 4.96. The van der Waals surface area contributed by atoms with Gasteiger partial charge in [-0.3, -0.25) is 4.57 Å². The van der Waals surface area contributed by atoms with Crippen molar-refractivity contribution in [2.45, 2.75) is 43.5 Å². The van der Waals surface area contributed by atoms with Gasteiger partial charge in [0.1, 0.15) is 24.1 Å². The number of nitrogen functional groups attached to an aromatic ring is 1. The molecule has 2 aliphatic rings. The van der Waals surface area contributed by atoms with Gasteiger partial charge in [-0.05, 0) is 18.9 Å². The van der Waals surface area contributed by atoms with E-state index in [1.54, 1.807) is 0 Å². The van der Waals surface area contributed by atoms with Crippen LogP contribution in [0.5, 0.6) is 0 Å². The lowest BCUT2D eigenvalue weighted by molar-refractivity contribution is -0.0812. The number of anilines is 1. The van der Waals surface area contributed by atoms with Crippen LogP contribution in [0.15, 0.2) is 17.1 Å². The summed E-state index contributed by atoms with van der Waals surface area (Å²) in [5, 5.41) is 10.3. The molecule has 1 aromatic heterocycles. The maximum absolute atomic E-state index is 12.0. The Hall–Kier alpha value is -1.48. The van der Waals surface area contributed by atoms with Crippen molar-refractivity contribution in [1.82, 2.24) is 9.55 Å². The number of methoxy groups -OCH3 is 1. The number of nitrogens with two attached hydrogens (primary N) is 1. The van der Waals surface area contributed by atoms with Gasteiger partial charge in [0.2, 0.25) is 0 Å². The minimum absolute atomic E-state index is 0.120. The molecule has 2 fully saturated rings. The second kappa shape index (κ2) is 5.72. The first-order valence-electron chi connectivity index (χ1n) is 6.92. The van der Waals surface area contributed by atoms with Crippen LogP contribution in [0.3, 0.4) is 0 Å². The molecule has 0 radical (unpaired) electrons. The van der Waals surface area contributed by atoms with Crippen LogP contribution in [0.25, 0.3) is 0 Å². The average molecular weight is 297 g/mol. The molecule has 0 amide bonds. The summed E-state index contributed by atoms with van der Waals surface area (Å²) < 4.78 is 17.9. The number of ether oxygens (including phenoxy) is 3. The first kappa shape index (κ1) is 14.5. The Kier molecular flexibility index (Phi) is 3.94. The Morgan fingerprint density at radius 2 is 2.33 bits per heavy atom. The third-order valence-electron chi connectivity index (χ3n) is 3.64. The van der Waals surface area contributed by atoms with E-state index in [9.17, 15) is 9.90 Å². The third-order valence-corrected chi connectivity index (χ3v) is 3.64. The van der Waals surface area contributed by atoms with Crippen LogP contribution in [-0.4, -0.2) is 52.8 Å². The molecule has 3 N–H and O–H groups in total. The SMILES string of the molecule is COC[C@H]1O[C@@H](n2ccc(N)nc2=O)[C@H](OC2CC2)[C@@H]1O. The number of aromatic nitrogens is 2. The van der Waals surface area contributed by atoms with Crippen LogP contribution in [-0.2, 0) is 14.2 Å². The van der Waals surface area contributed by atoms with E-state index in [4.69, 9.17) is 19.9 Å². The lowest BCUT2D eigenvalue weighted by Gasteiger charge is -2.22. The van der Waals surface area contributed by atoms with Crippen molar-refractivity contribution in [2.24, 2.45) is 0 Å². The number of rotatable bonds is 5. The van der Waals surface area contributed by atoms with Crippen molar-refractivity contribution in [3.63, 3.8) is 0 Å². The molecule has 21 heavy (non-hydrogen) atoms. The zero-order valence-corrected chi connectivity index (χ0v) is 11.7. The Morgan fingerprint density at radius 3 is 2.95 bits per heavy atom. The minimum Gasteiger partial charge on any atom is -0.387 e. The zero-order valence-electron chi connectivity index (χ0n) is 11.7. The van der Waals surface area contributed by atoms with Gasteiger partial charge in [0.15, 0.2) is 6.23 Å². The molecule has 1 aliphatic carbocycles. The monoisotopic (exact) mass is 297 g/mol. The van der Waals surface area contributed by atoms with Gasteiger partial charge in [0, 0.05) is 13.3 Å². The summed E-state index contributed by atoms with van der Waals surface area (Å²) in [6, 6.07) is 1.51. The maximum Gasteiger partial charge on any atom is 0.351 e. The Bertz CT molecular complexity index is 559. The van der Waals surface area contributed by atoms with Gasteiger partial charge in [0.05, 0.1) is 12.7 Å². The normalized spacial score (nSPS) is 32.5. The number of aliphatic hydroxyl groups is 1. The molecule has 0 spiro atoms. The first-order chi connectivity index (χ1) is 10.1. The second-order valence-corrected chi connectivity index (χ2v) is 5.35. The fourth-order valence-electron chi connectivity index (χ4n) is 2.44. The van der Waals surface area contributed by atoms with Crippen LogP contribution in [0.2, 0.25) is 0 Å². The van der Waals surface area contributed by atoms with Crippen LogP contribution in [0.4, 0.5) is 5.82 Å². The van der Waals surface area contributed by atoms with Gasteiger partial charge in [0.25, 0.3) is 0 Å². The molecule has 1 aromatic rings. The molecule has 1 saturated heterocycles. The molecule has 116 valence electrons. The summed E-state index contributed by atoms with van der Waals surface area (Å²) in [6.45, 7) is 0.222. The molecule has 0 aromatic carbocycles. The van der Waals surface area contributed by atoms with E-state index in [-0.39, 0.29) is 18.5 Å². The molecular formula is C13H19N3O5. The van der Waals surface area contributed by atoms with Crippen molar-refractivity contribution in [1.29, 1.82) is 0 Å². The molecule has 2 heterocycles. The fraction of sp³-hybridized carbons (Fsp3) is 0.692. The number of hydrogen-bond acceptors (Lipinski definition) is 7. The fourth-order valence-corrected chi connectivity index (χ4v) is 2.44. The Labute approximate surface area is 121 Å². The van der Waals surface area contributed by atoms with Crippen molar-refractivity contribution < 1.29 is 19.3 Å². The van der Waals surface area contributed by atoms with Gasteiger partial charge < -0.3 is 25.1 Å². The zero-order chi connectivity index (χ0) is 15.0. The van der Waals surface area contributed by atoms with E-state index < -0.39 is 30.2 Å². The molecule has 1 saturated carbocycles. The molecule has 3 rings (SSSR count). The van der Waals surface area contributed by atoms with Gasteiger partial charge >= 0.3 is 5.69 Å². The van der Waals surface area contributed by atoms with Gasteiger partial charge in [-0.15, -0.1) is 0 Å². The molecule has 1 aliphatic heterocycles. The van der Waals surface area contributed by atoms with Crippen LogP contribution in [0, 0.1) is 0 Å². The van der Waals surface area contributed by atoms with E-state index in [1.165, 1.54) is 23.9 Å². The summed E-state index contributed by atoms with van der Waals surface area (Å²) >= 11 is 0. The van der Waals surface area contributed by atoms with Crippen molar-refractivity contribution in [3.05, 3.63) is 22.7 Å². The Morgan fingerprint density at radius 1 is 1.57 bits per heavy atom. The topological polar surface area (TPSA) is 109 Å². The highest BCUT2D eigenvalue weighted by molar-refractivity contribution is 5.23. The predicted molar refractivity (Wildman–Crippen MR) is 72.6 cm³/mol. The van der Waals surface area contributed by atoms with Gasteiger partial charge in [-0.25, -0.2) is 4.79 Å². The molecule has 4 atom stereocenters. The smallest absolute Gasteiger partial charge is 0.351 e. The summed E-state index contributed by atoms with van der Waals surface area (Å²) in [4.78, 5) is 15.6. The summed E-state index contributed by atoms with van der Waals surface area (Å²) in [6.07, 6.45) is 0.768. The minimum atomic E-state index is -0.861. The molecular weight excluding hydrogens is 278 g/mol. The maximum atomic E-state index is 12.0. The second-order valence-electron chi connectivity index (χ2n) is 5.35. The van der Waals surface area contributed by atoms with Crippen molar-refractivity contribution in [3.8, 4) is 0 Å². The van der Waals surface area contributed by atoms with Crippen molar-refractivity contribution in [2.75, 3.05) is 19.5 Å². The van der Waals surface area contributed by atoms with E-state index in [0.29, 0.717) is 0 Å². The van der Waals surface area contributed by atoms with Crippen LogP contribution >= 0.6 is 0 Å². The highest BCUT2D eigenvalue weighted by atomic mass is 16.6. The molecule has 8 nitrogen and oxygen atoms in total. The number of nitrogens with zero attached hydrogens (tertiary/aromatic N) is 2. The number of aliphatic hydroxyl groups excluding tert-OH is 1. The molecule has 8 heteroatoms.